The third-order valence-electron chi connectivity index (χ3n) is 4.87. The fraction of sp³-hybridized carbons (Fsp3) is 0.120. The van der Waals surface area contributed by atoms with Crippen molar-refractivity contribution in [2.75, 3.05) is 11.9 Å². The van der Waals surface area contributed by atoms with Crippen LogP contribution in [0.15, 0.2) is 78.9 Å². The molecule has 0 aliphatic heterocycles. The summed E-state index contributed by atoms with van der Waals surface area (Å²) >= 11 is 0. The van der Waals surface area contributed by atoms with E-state index in [2.05, 4.69) is 21.3 Å². The number of carbonyl (C=O) groups excluding carboxylic acids is 3. The molecule has 0 radical (unpaired) electrons. The van der Waals surface area contributed by atoms with Crippen molar-refractivity contribution in [3.63, 3.8) is 0 Å². The van der Waals surface area contributed by atoms with Crippen LogP contribution >= 0.6 is 0 Å². The molecule has 180 valence electrons. The van der Waals surface area contributed by atoms with Gasteiger partial charge in [0.1, 0.15) is 11.8 Å². The first-order chi connectivity index (χ1) is 16.8. The number of urea groups is 1. The number of phenols is 1. The summed E-state index contributed by atoms with van der Waals surface area (Å²) in [5, 5.41) is 28.9. The van der Waals surface area contributed by atoms with Gasteiger partial charge in [-0.3, -0.25) is 9.59 Å². The number of benzene rings is 3. The highest BCUT2D eigenvalue weighted by Crippen LogP contribution is 2.11. The van der Waals surface area contributed by atoms with Gasteiger partial charge < -0.3 is 31.5 Å². The van der Waals surface area contributed by atoms with Crippen LogP contribution in [0.2, 0.25) is 0 Å². The number of para-hydroxylation sites is 1. The van der Waals surface area contributed by atoms with Crippen molar-refractivity contribution in [1.29, 1.82) is 0 Å². The Morgan fingerprint density at radius 2 is 1.43 bits per heavy atom. The SMILES string of the molecule is O=C(NCC(NC(=O)c1ccc(C(=O)NCc2cccc(O)c2)cc1)C(=O)O)Nc1ccccc1. The van der Waals surface area contributed by atoms with Crippen molar-refractivity contribution in [3.05, 3.63) is 95.6 Å². The largest absolute Gasteiger partial charge is 0.508 e. The average molecular weight is 476 g/mol. The van der Waals surface area contributed by atoms with Crippen LogP contribution in [0, 0.1) is 0 Å². The molecule has 3 aromatic carbocycles. The summed E-state index contributed by atoms with van der Waals surface area (Å²) in [6.45, 7) is -0.129. The molecule has 0 saturated carbocycles. The fourth-order valence-corrected chi connectivity index (χ4v) is 3.06. The van der Waals surface area contributed by atoms with Gasteiger partial charge >= 0.3 is 12.0 Å². The average Bonchev–Trinajstić information content (AvgIpc) is 2.85. The molecule has 0 saturated heterocycles. The third kappa shape index (κ3) is 7.60. The topological polar surface area (TPSA) is 157 Å². The molecule has 0 aliphatic rings. The molecule has 0 aliphatic carbocycles. The van der Waals surface area contributed by atoms with Gasteiger partial charge in [0.15, 0.2) is 0 Å². The Morgan fingerprint density at radius 3 is 2.06 bits per heavy atom. The minimum absolute atomic E-state index is 0.0961. The Bertz CT molecular complexity index is 1200. The number of nitrogens with one attached hydrogen (secondary N) is 4. The Hall–Kier alpha value is -4.86. The number of carbonyl (C=O) groups is 4. The zero-order valence-corrected chi connectivity index (χ0v) is 18.5. The van der Waals surface area contributed by atoms with Crippen molar-refractivity contribution in [2.45, 2.75) is 12.6 Å². The molecule has 0 fully saturated rings. The molecule has 6 N–H and O–H groups in total. The van der Waals surface area contributed by atoms with Crippen LogP contribution in [0.5, 0.6) is 5.75 Å². The van der Waals surface area contributed by atoms with E-state index in [9.17, 15) is 29.4 Å². The Morgan fingerprint density at radius 1 is 0.771 bits per heavy atom. The maximum Gasteiger partial charge on any atom is 0.328 e. The summed E-state index contributed by atoms with van der Waals surface area (Å²) in [4.78, 5) is 48.3. The number of carboxylic acid groups (broad SMARTS) is 1. The monoisotopic (exact) mass is 476 g/mol. The van der Waals surface area contributed by atoms with Gasteiger partial charge in [0.2, 0.25) is 0 Å². The first-order valence-electron chi connectivity index (χ1n) is 10.6. The van der Waals surface area contributed by atoms with E-state index in [1.807, 2.05) is 0 Å². The minimum atomic E-state index is -1.37. The van der Waals surface area contributed by atoms with E-state index >= 15 is 0 Å². The molecule has 0 spiro atoms. The highest BCUT2D eigenvalue weighted by atomic mass is 16.4. The number of rotatable bonds is 9. The second-order valence-electron chi connectivity index (χ2n) is 7.50. The number of anilines is 1. The van der Waals surface area contributed by atoms with Crippen molar-refractivity contribution >= 4 is 29.5 Å². The summed E-state index contributed by atoms with van der Waals surface area (Å²) in [5.74, 6) is -2.27. The van der Waals surface area contributed by atoms with Crippen LogP contribution in [-0.4, -0.2) is 46.6 Å². The van der Waals surface area contributed by atoms with Crippen molar-refractivity contribution in [2.24, 2.45) is 0 Å². The zero-order chi connectivity index (χ0) is 25.2. The van der Waals surface area contributed by atoms with Crippen molar-refractivity contribution in [3.8, 4) is 5.75 Å². The number of hydrogen-bond acceptors (Lipinski definition) is 5. The Kier molecular flexibility index (Phi) is 8.38. The van der Waals surface area contributed by atoms with Gasteiger partial charge in [-0.15, -0.1) is 0 Å². The van der Waals surface area contributed by atoms with Crippen LogP contribution in [0.4, 0.5) is 10.5 Å². The maximum atomic E-state index is 12.5. The maximum absolute atomic E-state index is 12.5. The van der Waals surface area contributed by atoms with E-state index < -0.39 is 23.9 Å². The van der Waals surface area contributed by atoms with Gasteiger partial charge in [-0.05, 0) is 54.1 Å². The van der Waals surface area contributed by atoms with Crippen LogP contribution in [-0.2, 0) is 11.3 Å². The van der Waals surface area contributed by atoms with Gasteiger partial charge in [-0.25, -0.2) is 9.59 Å². The van der Waals surface area contributed by atoms with Gasteiger partial charge in [0.25, 0.3) is 11.8 Å². The van der Waals surface area contributed by atoms with E-state index in [1.54, 1.807) is 42.5 Å². The number of amides is 4. The molecule has 0 heterocycles. The molecule has 1 atom stereocenters. The number of phenolic OH excluding ortho intramolecular Hbond substituents is 1. The van der Waals surface area contributed by atoms with Crippen LogP contribution in [0.25, 0.3) is 0 Å². The Balaban J connectivity index is 1.51. The second-order valence-corrected chi connectivity index (χ2v) is 7.50. The van der Waals surface area contributed by atoms with Crippen LogP contribution < -0.4 is 21.3 Å². The molecular weight excluding hydrogens is 452 g/mol. The van der Waals surface area contributed by atoms with Gasteiger partial charge in [0, 0.05) is 23.4 Å². The molecule has 4 amide bonds. The number of hydrogen-bond donors (Lipinski definition) is 6. The molecule has 10 nitrogen and oxygen atoms in total. The minimum Gasteiger partial charge on any atom is -0.508 e. The highest BCUT2D eigenvalue weighted by Gasteiger charge is 2.21. The first kappa shape index (κ1) is 24.8. The molecule has 0 aromatic heterocycles. The predicted octanol–water partition coefficient (Wildman–Crippen LogP) is 2.33. The lowest BCUT2D eigenvalue weighted by molar-refractivity contribution is -0.139. The smallest absolute Gasteiger partial charge is 0.328 e. The lowest BCUT2D eigenvalue weighted by atomic mass is 10.1. The molecule has 35 heavy (non-hydrogen) atoms. The number of aliphatic carboxylic acids is 1. The van der Waals surface area contributed by atoms with Crippen LogP contribution in [0.1, 0.15) is 26.3 Å². The molecular formula is C25H24N4O6. The summed E-state index contributed by atoms with van der Waals surface area (Å²) < 4.78 is 0. The fourth-order valence-electron chi connectivity index (χ4n) is 3.06. The number of carboxylic acids is 1. The summed E-state index contributed by atoms with van der Waals surface area (Å²) in [6, 6.07) is 18.8. The van der Waals surface area contributed by atoms with Crippen LogP contribution in [0.3, 0.4) is 0 Å². The van der Waals surface area contributed by atoms with E-state index in [0.717, 1.165) is 5.56 Å². The van der Waals surface area contributed by atoms with Crippen molar-refractivity contribution < 1.29 is 29.4 Å². The molecule has 0 bridgehead atoms. The molecule has 3 rings (SSSR count). The second kappa shape index (κ2) is 11.8. The van der Waals surface area contributed by atoms with E-state index in [0.29, 0.717) is 11.3 Å². The van der Waals surface area contributed by atoms with E-state index in [-0.39, 0.29) is 30.3 Å². The molecule has 3 aromatic rings. The van der Waals surface area contributed by atoms with Gasteiger partial charge in [0.05, 0.1) is 6.54 Å². The first-order valence-corrected chi connectivity index (χ1v) is 10.6. The lowest BCUT2D eigenvalue weighted by Gasteiger charge is -2.16. The molecule has 10 heteroatoms. The highest BCUT2D eigenvalue weighted by molar-refractivity contribution is 5.99. The van der Waals surface area contributed by atoms with E-state index in [1.165, 1.54) is 36.4 Å². The van der Waals surface area contributed by atoms with E-state index in [4.69, 9.17) is 0 Å². The predicted molar refractivity (Wildman–Crippen MR) is 128 cm³/mol. The summed E-state index contributed by atoms with van der Waals surface area (Å²) in [7, 11) is 0. The normalized spacial score (nSPS) is 11.1. The summed E-state index contributed by atoms with van der Waals surface area (Å²) in [5.41, 5.74) is 1.71. The van der Waals surface area contributed by atoms with Crippen molar-refractivity contribution in [1.82, 2.24) is 16.0 Å². The Labute approximate surface area is 201 Å². The summed E-state index contributed by atoms with van der Waals surface area (Å²) in [6.07, 6.45) is 0. The molecule has 1 unspecified atom stereocenters. The van der Waals surface area contributed by atoms with Gasteiger partial charge in [-0.2, -0.15) is 0 Å². The third-order valence-corrected chi connectivity index (χ3v) is 4.87. The lowest BCUT2D eigenvalue weighted by Crippen LogP contribution is -2.49. The van der Waals surface area contributed by atoms with Gasteiger partial charge in [-0.1, -0.05) is 30.3 Å². The quantitative estimate of drug-likeness (QED) is 0.278. The standard InChI is InChI=1S/C25H24N4O6/c30-20-8-4-5-16(13-20)14-26-22(31)17-9-11-18(12-10-17)23(32)29-21(24(33)34)15-27-25(35)28-19-6-2-1-3-7-19/h1-13,21,30H,14-15H2,(H,26,31)(H,29,32)(H,33,34)(H2,27,28,35). The number of aromatic hydroxyl groups is 1. The zero-order valence-electron chi connectivity index (χ0n) is 18.5.